The number of ketones is 4. The van der Waals surface area contributed by atoms with E-state index >= 15 is 0 Å². The van der Waals surface area contributed by atoms with E-state index in [2.05, 4.69) is 10.6 Å². The number of hydrogen-bond donors (Lipinski definition) is 2. The van der Waals surface area contributed by atoms with Crippen molar-refractivity contribution < 1.29 is 19.2 Å². The van der Waals surface area contributed by atoms with Crippen LogP contribution in [-0.4, -0.2) is 46.3 Å². The number of rotatable bonds is 12. The first-order valence-electron chi connectivity index (χ1n) is 13.0. The highest BCUT2D eigenvalue weighted by Gasteiger charge is 2.38. The van der Waals surface area contributed by atoms with Crippen LogP contribution in [0, 0.1) is 16.2 Å². The zero-order valence-corrected chi connectivity index (χ0v) is 25.1. The van der Waals surface area contributed by atoms with E-state index < -0.39 is 33.9 Å². The van der Waals surface area contributed by atoms with Crippen LogP contribution >= 0.6 is 0 Å². The van der Waals surface area contributed by atoms with Gasteiger partial charge in [0, 0.05) is 34.6 Å². The van der Waals surface area contributed by atoms with E-state index in [0.29, 0.717) is 12.8 Å². The Morgan fingerprint density at radius 1 is 0.514 bits per heavy atom. The van der Waals surface area contributed by atoms with Crippen molar-refractivity contribution in [2.75, 3.05) is 0 Å². The van der Waals surface area contributed by atoms with Crippen molar-refractivity contribution in [1.82, 2.24) is 10.6 Å². The van der Waals surface area contributed by atoms with Gasteiger partial charge in [-0.2, -0.15) is 0 Å². The van der Waals surface area contributed by atoms with Crippen molar-refractivity contribution in [3.63, 3.8) is 0 Å². The Morgan fingerprint density at radius 3 is 1.17 bits per heavy atom. The van der Waals surface area contributed by atoms with Gasteiger partial charge in [-0.15, -0.1) is 0 Å². The summed E-state index contributed by atoms with van der Waals surface area (Å²) in [4.78, 5) is 52.1. The minimum Gasteiger partial charge on any atom is -0.303 e. The van der Waals surface area contributed by atoms with Crippen molar-refractivity contribution in [2.45, 2.75) is 146 Å². The van der Waals surface area contributed by atoms with Crippen molar-refractivity contribution >= 4 is 23.1 Å². The van der Waals surface area contributed by atoms with Crippen molar-refractivity contribution in [2.24, 2.45) is 16.2 Å². The van der Waals surface area contributed by atoms with Crippen LogP contribution in [0.15, 0.2) is 0 Å². The van der Waals surface area contributed by atoms with Crippen LogP contribution in [0.2, 0.25) is 0 Å². The third-order valence-electron chi connectivity index (χ3n) is 6.11. The SMILES string of the molecule is CC(C)(C)NC(CCC(=O)C(C)(C)NC(CCC(=O)C(C)(C)C)C(=O)C(C)(C)C)C(=O)C(C)(C)C. The molecular formula is C29H54N2O4. The summed E-state index contributed by atoms with van der Waals surface area (Å²) in [5.74, 6) is 0.0865. The average Bonchev–Trinajstić information content (AvgIpc) is 2.63. The molecule has 0 heterocycles. The van der Waals surface area contributed by atoms with Gasteiger partial charge in [0.25, 0.3) is 0 Å². The van der Waals surface area contributed by atoms with Gasteiger partial charge in [-0.1, -0.05) is 62.3 Å². The Labute approximate surface area is 215 Å². The van der Waals surface area contributed by atoms with Crippen LogP contribution in [0.25, 0.3) is 0 Å². The lowest BCUT2D eigenvalue weighted by molar-refractivity contribution is -0.131. The number of hydrogen-bond acceptors (Lipinski definition) is 6. The Hall–Kier alpha value is -1.40. The fourth-order valence-corrected chi connectivity index (χ4v) is 3.86. The average molecular weight is 495 g/mol. The van der Waals surface area contributed by atoms with Gasteiger partial charge in [0.15, 0.2) is 17.3 Å². The molecule has 0 radical (unpaired) electrons. The second kappa shape index (κ2) is 11.8. The number of carbonyl (C=O) groups is 4. The molecule has 0 spiro atoms. The molecule has 0 bridgehead atoms. The number of nitrogens with one attached hydrogen (secondary N) is 2. The zero-order chi connectivity index (χ0) is 28.2. The molecular weight excluding hydrogens is 440 g/mol. The molecule has 0 saturated carbocycles. The summed E-state index contributed by atoms with van der Waals surface area (Å²) in [7, 11) is 0. The summed E-state index contributed by atoms with van der Waals surface area (Å²) in [5, 5.41) is 6.66. The molecule has 0 rings (SSSR count). The summed E-state index contributed by atoms with van der Waals surface area (Å²) in [6.45, 7) is 26.4. The van der Waals surface area contributed by atoms with E-state index in [9.17, 15) is 19.2 Å². The third kappa shape index (κ3) is 11.9. The molecule has 0 fully saturated rings. The molecule has 35 heavy (non-hydrogen) atoms. The lowest BCUT2D eigenvalue weighted by Gasteiger charge is -2.35. The van der Waals surface area contributed by atoms with E-state index in [1.54, 1.807) is 13.8 Å². The normalized spacial score (nSPS) is 15.5. The van der Waals surface area contributed by atoms with Gasteiger partial charge in [0.05, 0.1) is 17.6 Å². The van der Waals surface area contributed by atoms with Crippen molar-refractivity contribution in [1.29, 1.82) is 0 Å². The van der Waals surface area contributed by atoms with Crippen LogP contribution in [-0.2, 0) is 19.2 Å². The van der Waals surface area contributed by atoms with Gasteiger partial charge in [0.1, 0.15) is 5.78 Å². The highest BCUT2D eigenvalue weighted by Crippen LogP contribution is 2.25. The van der Waals surface area contributed by atoms with Crippen LogP contribution in [0.4, 0.5) is 0 Å². The third-order valence-corrected chi connectivity index (χ3v) is 6.11. The lowest BCUT2D eigenvalue weighted by atomic mass is 9.80. The fourth-order valence-electron chi connectivity index (χ4n) is 3.86. The molecule has 6 nitrogen and oxygen atoms in total. The second-order valence-electron chi connectivity index (χ2n) is 14.7. The second-order valence-corrected chi connectivity index (χ2v) is 14.7. The van der Waals surface area contributed by atoms with E-state index in [0.717, 1.165) is 0 Å². The monoisotopic (exact) mass is 494 g/mol. The number of Topliss-reactive ketones (excluding diaryl/α,β-unsaturated/α-hetero) is 4. The number of carbonyl (C=O) groups excluding carboxylic acids is 4. The van der Waals surface area contributed by atoms with Crippen LogP contribution in [0.1, 0.15) is 123 Å². The molecule has 204 valence electrons. The van der Waals surface area contributed by atoms with Crippen molar-refractivity contribution in [3.8, 4) is 0 Å². The topological polar surface area (TPSA) is 92.3 Å². The molecule has 0 aliphatic heterocycles. The minimum absolute atomic E-state index is 0.0183. The largest absolute Gasteiger partial charge is 0.303 e. The molecule has 0 saturated heterocycles. The van der Waals surface area contributed by atoms with Gasteiger partial charge in [-0.25, -0.2) is 0 Å². The zero-order valence-electron chi connectivity index (χ0n) is 25.1. The maximum Gasteiger partial charge on any atom is 0.155 e. The predicted octanol–water partition coefficient (Wildman–Crippen LogP) is 5.46. The molecule has 0 aliphatic rings. The summed E-state index contributed by atoms with van der Waals surface area (Å²) >= 11 is 0. The maximum absolute atomic E-state index is 13.3. The molecule has 0 aromatic rings. The fraction of sp³-hybridized carbons (Fsp3) is 0.862. The van der Waals surface area contributed by atoms with Crippen LogP contribution in [0.3, 0.4) is 0 Å². The van der Waals surface area contributed by atoms with Crippen molar-refractivity contribution in [3.05, 3.63) is 0 Å². The van der Waals surface area contributed by atoms with E-state index in [-0.39, 0.29) is 41.5 Å². The quantitative estimate of drug-likeness (QED) is 0.374. The smallest absolute Gasteiger partial charge is 0.155 e. The maximum atomic E-state index is 13.3. The first-order chi connectivity index (χ1) is 15.3. The minimum atomic E-state index is -0.979. The highest BCUT2D eigenvalue weighted by molar-refractivity contribution is 5.93. The van der Waals surface area contributed by atoms with Gasteiger partial charge < -0.3 is 5.32 Å². The summed E-state index contributed by atoms with van der Waals surface area (Å²) in [6.07, 6.45) is 1.20. The first-order valence-corrected chi connectivity index (χ1v) is 13.0. The van der Waals surface area contributed by atoms with Gasteiger partial charge in [-0.05, 0) is 47.5 Å². The Morgan fingerprint density at radius 2 is 0.857 bits per heavy atom. The Balaban J connectivity index is 5.63. The highest BCUT2D eigenvalue weighted by atomic mass is 16.1. The summed E-state index contributed by atoms with van der Waals surface area (Å²) in [5.41, 5.74) is -2.86. The van der Waals surface area contributed by atoms with Gasteiger partial charge >= 0.3 is 0 Å². The Kier molecular flexibility index (Phi) is 11.3. The summed E-state index contributed by atoms with van der Waals surface area (Å²) < 4.78 is 0. The van der Waals surface area contributed by atoms with Crippen LogP contribution in [0.5, 0.6) is 0 Å². The van der Waals surface area contributed by atoms with E-state index in [4.69, 9.17) is 0 Å². The summed E-state index contributed by atoms with van der Waals surface area (Å²) in [6, 6.07) is -1.05. The van der Waals surface area contributed by atoms with Gasteiger partial charge in [0.2, 0.25) is 0 Å². The molecule has 0 aromatic carbocycles. The standard InChI is InChI=1S/C29H54N2O4/c1-25(2,3)21(32)17-15-20(24(35)27(7,8)9)31-29(13,14)22(33)18-16-19(30-28(10,11)12)23(34)26(4,5)6/h19-20,30-31H,15-18H2,1-14H3. The first kappa shape index (κ1) is 33.6. The predicted molar refractivity (Wildman–Crippen MR) is 145 cm³/mol. The molecule has 0 aliphatic carbocycles. The van der Waals surface area contributed by atoms with Gasteiger partial charge in [-0.3, -0.25) is 24.5 Å². The lowest BCUT2D eigenvalue weighted by Crippen LogP contribution is -2.56. The molecule has 0 aromatic heterocycles. The van der Waals surface area contributed by atoms with E-state index in [1.165, 1.54) is 0 Å². The van der Waals surface area contributed by atoms with Crippen LogP contribution < -0.4 is 10.6 Å². The molecule has 6 heteroatoms. The molecule has 2 N–H and O–H groups in total. The molecule has 2 unspecified atom stereocenters. The van der Waals surface area contributed by atoms with E-state index in [1.807, 2.05) is 83.1 Å². The molecule has 0 amide bonds. The Bertz CT molecular complexity index is 768. The molecule has 2 atom stereocenters.